The largest absolute Gasteiger partial charge is 0.495 e. The first-order chi connectivity index (χ1) is 10.6. The van der Waals surface area contributed by atoms with Crippen LogP contribution < -0.4 is 4.74 Å². The summed E-state index contributed by atoms with van der Waals surface area (Å²) in [4.78, 5) is 16.3. The average Bonchev–Trinajstić information content (AvgIpc) is 2.54. The molecule has 1 amide bonds. The first-order valence-electron chi connectivity index (χ1n) is 7.57. The lowest BCUT2D eigenvalue weighted by atomic mass is 10.1. The Balaban J connectivity index is 1.79. The van der Waals surface area contributed by atoms with Gasteiger partial charge in [-0.25, -0.2) is 0 Å². The molecule has 1 aromatic carbocycles. The highest BCUT2D eigenvalue weighted by atomic mass is 35.5. The van der Waals surface area contributed by atoms with E-state index in [1.165, 1.54) is 0 Å². The number of carbonyl (C=O) groups excluding carboxylic acids is 1. The molecule has 0 aliphatic carbocycles. The van der Waals surface area contributed by atoms with Crippen LogP contribution in [-0.4, -0.2) is 67.3 Å². The van der Waals surface area contributed by atoms with Gasteiger partial charge in [0, 0.05) is 39.1 Å². The quantitative estimate of drug-likeness (QED) is 0.859. The average molecular weight is 327 g/mol. The van der Waals surface area contributed by atoms with E-state index in [1.54, 1.807) is 7.11 Å². The molecule has 1 aliphatic heterocycles. The summed E-state index contributed by atoms with van der Waals surface area (Å²) in [6.45, 7) is 4.00. The fourth-order valence-corrected chi connectivity index (χ4v) is 2.92. The second-order valence-electron chi connectivity index (χ2n) is 5.41. The molecule has 0 unspecified atom stereocenters. The maximum atomic E-state index is 12.2. The lowest BCUT2D eigenvalue weighted by Crippen LogP contribution is -2.49. The zero-order valence-electron chi connectivity index (χ0n) is 12.9. The van der Waals surface area contributed by atoms with E-state index in [0.717, 1.165) is 31.7 Å². The number of benzene rings is 1. The van der Waals surface area contributed by atoms with Crippen LogP contribution >= 0.6 is 11.6 Å². The fraction of sp³-hybridized carbons (Fsp3) is 0.562. The minimum absolute atomic E-state index is 0.173. The molecule has 0 bridgehead atoms. The summed E-state index contributed by atoms with van der Waals surface area (Å²) in [5.74, 6) is 0.826. The van der Waals surface area contributed by atoms with Crippen LogP contribution in [0, 0.1) is 0 Å². The number of halogens is 1. The zero-order valence-corrected chi connectivity index (χ0v) is 13.7. The molecule has 1 N–H and O–H groups in total. The van der Waals surface area contributed by atoms with Gasteiger partial charge in [-0.3, -0.25) is 9.69 Å². The molecule has 5 nitrogen and oxygen atoms in total. The molecular formula is C16H23ClN2O3. The molecule has 6 heteroatoms. The molecule has 0 saturated carbocycles. The fourth-order valence-electron chi connectivity index (χ4n) is 2.64. The van der Waals surface area contributed by atoms with Crippen molar-refractivity contribution in [1.82, 2.24) is 9.80 Å². The van der Waals surface area contributed by atoms with E-state index in [2.05, 4.69) is 4.90 Å². The summed E-state index contributed by atoms with van der Waals surface area (Å²) in [6.07, 6.45) is 1.17. The summed E-state index contributed by atoms with van der Waals surface area (Å²) in [6, 6.07) is 5.62. The number of carbonyl (C=O) groups is 1. The van der Waals surface area contributed by atoms with Crippen LogP contribution in [0.5, 0.6) is 5.75 Å². The van der Waals surface area contributed by atoms with Crippen LogP contribution in [0.1, 0.15) is 12.0 Å². The van der Waals surface area contributed by atoms with E-state index in [0.29, 0.717) is 30.2 Å². The van der Waals surface area contributed by atoms with E-state index in [4.69, 9.17) is 21.4 Å². The number of methoxy groups -OCH3 is 1. The highest BCUT2D eigenvalue weighted by Gasteiger charge is 2.20. The van der Waals surface area contributed by atoms with Crippen molar-refractivity contribution in [2.45, 2.75) is 12.8 Å². The second-order valence-corrected chi connectivity index (χ2v) is 5.82. The van der Waals surface area contributed by atoms with Crippen LogP contribution in [-0.2, 0) is 11.2 Å². The molecule has 0 aromatic heterocycles. The lowest BCUT2D eigenvalue weighted by Gasteiger charge is -2.34. The molecule has 2 rings (SSSR count). The van der Waals surface area contributed by atoms with Crippen LogP contribution in [0.3, 0.4) is 0 Å². The molecule has 1 heterocycles. The third kappa shape index (κ3) is 4.60. The zero-order chi connectivity index (χ0) is 15.9. The third-order valence-corrected chi connectivity index (χ3v) is 4.28. The summed E-state index contributed by atoms with van der Waals surface area (Å²) in [5, 5.41) is 9.50. The Morgan fingerprint density at radius 2 is 2.05 bits per heavy atom. The number of aliphatic hydroxyl groups excluding tert-OH is 1. The molecule has 1 fully saturated rings. The van der Waals surface area contributed by atoms with Gasteiger partial charge >= 0.3 is 0 Å². The van der Waals surface area contributed by atoms with Crippen molar-refractivity contribution >= 4 is 17.5 Å². The number of ether oxygens (including phenoxy) is 1. The van der Waals surface area contributed by atoms with Gasteiger partial charge in [0.1, 0.15) is 5.75 Å². The summed E-state index contributed by atoms with van der Waals surface area (Å²) < 4.78 is 5.12. The molecule has 0 spiro atoms. The number of hydrogen-bond acceptors (Lipinski definition) is 4. The first kappa shape index (κ1) is 17.1. The smallest absolute Gasteiger partial charge is 0.222 e. The number of hydrogen-bond donors (Lipinski definition) is 1. The van der Waals surface area contributed by atoms with Crippen LogP contribution in [0.25, 0.3) is 0 Å². The number of β-amino-alcohol motifs (C(OH)–C–C–N with tert-alkyl or cyclic N) is 1. The van der Waals surface area contributed by atoms with Gasteiger partial charge < -0.3 is 14.7 Å². The molecule has 1 aliphatic rings. The molecule has 122 valence electrons. The Bertz CT molecular complexity index is 502. The van der Waals surface area contributed by atoms with Crippen molar-refractivity contribution in [3.8, 4) is 5.75 Å². The molecule has 0 radical (unpaired) electrons. The second kappa shape index (κ2) is 8.36. The van der Waals surface area contributed by atoms with E-state index in [9.17, 15) is 4.79 Å². The van der Waals surface area contributed by atoms with E-state index >= 15 is 0 Å². The lowest BCUT2D eigenvalue weighted by molar-refractivity contribution is -0.132. The Hall–Kier alpha value is -1.30. The molecule has 0 atom stereocenters. The first-order valence-corrected chi connectivity index (χ1v) is 7.95. The summed E-state index contributed by atoms with van der Waals surface area (Å²) in [7, 11) is 1.58. The van der Waals surface area contributed by atoms with Crippen LogP contribution in [0.4, 0.5) is 0 Å². The van der Waals surface area contributed by atoms with Crippen LogP contribution in [0.15, 0.2) is 18.2 Å². The molecular weight excluding hydrogens is 304 g/mol. The Labute approximate surface area is 136 Å². The minimum Gasteiger partial charge on any atom is -0.495 e. The van der Waals surface area contributed by atoms with Gasteiger partial charge in [-0.15, -0.1) is 0 Å². The highest BCUT2D eigenvalue weighted by molar-refractivity contribution is 6.32. The number of piperazine rings is 1. The van der Waals surface area contributed by atoms with E-state index in [-0.39, 0.29) is 12.5 Å². The van der Waals surface area contributed by atoms with E-state index < -0.39 is 0 Å². The predicted octanol–water partition coefficient (Wildman–Crippen LogP) is 1.42. The van der Waals surface area contributed by atoms with Gasteiger partial charge in [0.25, 0.3) is 0 Å². The molecule has 1 aromatic rings. The normalized spacial score (nSPS) is 15.9. The maximum absolute atomic E-state index is 12.2. The van der Waals surface area contributed by atoms with Crippen molar-refractivity contribution in [1.29, 1.82) is 0 Å². The predicted molar refractivity (Wildman–Crippen MR) is 86.4 cm³/mol. The standard InChI is InChI=1S/C16H23ClN2O3/c1-22-15-4-2-13(12-14(15)17)3-5-16(21)19-8-6-18(7-9-19)10-11-20/h2,4,12,20H,3,5-11H2,1H3. The van der Waals surface area contributed by atoms with Crippen molar-refractivity contribution in [3.05, 3.63) is 28.8 Å². The number of amides is 1. The summed E-state index contributed by atoms with van der Waals surface area (Å²) in [5.41, 5.74) is 1.04. The van der Waals surface area contributed by atoms with E-state index in [1.807, 2.05) is 23.1 Å². The number of aryl methyl sites for hydroxylation is 1. The molecule has 22 heavy (non-hydrogen) atoms. The monoisotopic (exact) mass is 326 g/mol. The van der Waals surface area contributed by atoms with Gasteiger partial charge in [-0.05, 0) is 24.1 Å². The Morgan fingerprint density at radius 1 is 1.32 bits per heavy atom. The van der Waals surface area contributed by atoms with Gasteiger partial charge in [-0.2, -0.15) is 0 Å². The number of rotatable bonds is 6. The van der Waals surface area contributed by atoms with Crippen molar-refractivity contribution < 1.29 is 14.6 Å². The van der Waals surface area contributed by atoms with Crippen molar-refractivity contribution in [2.24, 2.45) is 0 Å². The van der Waals surface area contributed by atoms with Gasteiger partial charge in [0.15, 0.2) is 0 Å². The number of aliphatic hydroxyl groups is 1. The maximum Gasteiger partial charge on any atom is 0.222 e. The van der Waals surface area contributed by atoms with Crippen molar-refractivity contribution in [3.63, 3.8) is 0 Å². The minimum atomic E-state index is 0.173. The number of nitrogens with zero attached hydrogens (tertiary/aromatic N) is 2. The van der Waals surface area contributed by atoms with Crippen LogP contribution in [0.2, 0.25) is 5.02 Å². The van der Waals surface area contributed by atoms with Gasteiger partial charge in [0.05, 0.1) is 18.7 Å². The molecule has 1 saturated heterocycles. The van der Waals surface area contributed by atoms with Gasteiger partial charge in [0.2, 0.25) is 5.91 Å². The Kier molecular flexibility index (Phi) is 6.49. The summed E-state index contributed by atoms with van der Waals surface area (Å²) >= 11 is 6.09. The highest BCUT2D eigenvalue weighted by Crippen LogP contribution is 2.25. The Morgan fingerprint density at radius 3 is 2.64 bits per heavy atom. The third-order valence-electron chi connectivity index (χ3n) is 3.98. The topological polar surface area (TPSA) is 53.0 Å². The van der Waals surface area contributed by atoms with Crippen molar-refractivity contribution in [2.75, 3.05) is 46.4 Å². The van der Waals surface area contributed by atoms with Gasteiger partial charge in [-0.1, -0.05) is 17.7 Å². The SMILES string of the molecule is COc1ccc(CCC(=O)N2CCN(CCO)CC2)cc1Cl.